The van der Waals surface area contributed by atoms with Gasteiger partial charge in [0.1, 0.15) is 5.75 Å². The zero-order valence-electron chi connectivity index (χ0n) is 15.8. The molecule has 26 heavy (non-hydrogen) atoms. The molecule has 138 valence electrons. The maximum absolute atomic E-state index is 12.5. The number of carbonyl (C=O) groups is 1. The van der Waals surface area contributed by atoms with Gasteiger partial charge in [0.25, 0.3) is 0 Å². The SMILES string of the molecule is COc1ccc(C)cc1N1CCN(C(=O)NCc2ccccc2C)CC1. The minimum Gasteiger partial charge on any atom is -0.495 e. The smallest absolute Gasteiger partial charge is 0.317 e. The standard InChI is InChI=1S/C21H27N3O2/c1-16-8-9-20(26-3)19(14-16)23-10-12-24(13-11-23)21(25)22-15-18-7-5-4-6-17(18)2/h4-9,14H,10-13,15H2,1-3H3,(H,22,25). The highest BCUT2D eigenvalue weighted by Gasteiger charge is 2.23. The van der Waals surface area contributed by atoms with Crippen LogP contribution in [0.5, 0.6) is 5.75 Å². The van der Waals surface area contributed by atoms with Gasteiger partial charge >= 0.3 is 6.03 Å². The molecule has 0 bridgehead atoms. The molecule has 1 fully saturated rings. The Bertz CT molecular complexity index is 768. The molecule has 1 heterocycles. The minimum atomic E-state index is 0.00381. The fraction of sp³-hybridized carbons (Fsp3) is 0.381. The molecular weight excluding hydrogens is 326 g/mol. The minimum absolute atomic E-state index is 0.00381. The molecule has 0 radical (unpaired) electrons. The molecule has 1 aliphatic heterocycles. The number of rotatable bonds is 4. The zero-order chi connectivity index (χ0) is 18.5. The molecule has 5 nitrogen and oxygen atoms in total. The van der Waals surface area contributed by atoms with E-state index >= 15 is 0 Å². The van der Waals surface area contributed by atoms with Gasteiger partial charge in [-0.25, -0.2) is 4.79 Å². The van der Waals surface area contributed by atoms with Crippen molar-refractivity contribution in [3.63, 3.8) is 0 Å². The first-order valence-electron chi connectivity index (χ1n) is 9.05. The van der Waals surface area contributed by atoms with Gasteiger partial charge in [-0.05, 0) is 42.7 Å². The molecule has 0 spiro atoms. The zero-order valence-corrected chi connectivity index (χ0v) is 15.8. The lowest BCUT2D eigenvalue weighted by Crippen LogP contribution is -2.51. The van der Waals surface area contributed by atoms with E-state index in [1.807, 2.05) is 23.1 Å². The Hall–Kier alpha value is -2.69. The van der Waals surface area contributed by atoms with Gasteiger partial charge in [0, 0.05) is 32.7 Å². The second kappa shape index (κ2) is 8.13. The second-order valence-electron chi connectivity index (χ2n) is 6.73. The van der Waals surface area contributed by atoms with Crippen molar-refractivity contribution in [2.75, 3.05) is 38.2 Å². The number of nitrogens with one attached hydrogen (secondary N) is 1. The van der Waals surface area contributed by atoms with E-state index in [9.17, 15) is 4.79 Å². The molecule has 1 aliphatic rings. The Labute approximate surface area is 155 Å². The van der Waals surface area contributed by atoms with E-state index in [-0.39, 0.29) is 6.03 Å². The highest BCUT2D eigenvalue weighted by Crippen LogP contribution is 2.30. The first-order chi connectivity index (χ1) is 12.6. The predicted octanol–water partition coefficient (Wildman–Crippen LogP) is 3.34. The van der Waals surface area contributed by atoms with Crippen LogP contribution in [0.3, 0.4) is 0 Å². The molecule has 0 unspecified atom stereocenters. The van der Waals surface area contributed by atoms with Crippen LogP contribution in [0.25, 0.3) is 0 Å². The Morgan fingerprint density at radius 3 is 2.50 bits per heavy atom. The average Bonchev–Trinajstić information content (AvgIpc) is 2.67. The third-order valence-corrected chi connectivity index (χ3v) is 4.93. The number of urea groups is 1. The molecule has 3 rings (SSSR count). The topological polar surface area (TPSA) is 44.8 Å². The van der Waals surface area contributed by atoms with Crippen LogP contribution in [-0.4, -0.2) is 44.2 Å². The summed E-state index contributed by atoms with van der Waals surface area (Å²) in [6, 6.07) is 14.3. The lowest BCUT2D eigenvalue weighted by Gasteiger charge is -2.36. The second-order valence-corrected chi connectivity index (χ2v) is 6.73. The molecule has 0 aromatic heterocycles. The van der Waals surface area contributed by atoms with Gasteiger partial charge in [-0.3, -0.25) is 0 Å². The van der Waals surface area contributed by atoms with E-state index in [0.29, 0.717) is 19.6 Å². The summed E-state index contributed by atoms with van der Waals surface area (Å²) in [6.45, 7) is 7.73. The molecule has 0 saturated carbocycles. The number of carbonyl (C=O) groups excluding carboxylic acids is 1. The van der Waals surface area contributed by atoms with Gasteiger partial charge in [0.15, 0.2) is 0 Å². The maximum Gasteiger partial charge on any atom is 0.317 e. The molecule has 5 heteroatoms. The number of hydrogen-bond donors (Lipinski definition) is 1. The summed E-state index contributed by atoms with van der Waals surface area (Å²) in [7, 11) is 1.70. The lowest BCUT2D eigenvalue weighted by molar-refractivity contribution is 0.194. The Morgan fingerprint density at radius 2 is 1.81 bits per heavy atom. The normalized spacial score (nSPS) is 14.3. The molecule has 1 saturated heterocycles. The average molecular weight is 353 g/mol. The fourth-order valence-corrected chi connectivity index (χ4v) is 3.29. The molecule has 2 amide bonds. The Kier molecular flexibility index (Phi) is 5.66. The summed E-state index contributed by atoms with van der Waals surface area (Å²) in [6.07, 6.45) is 0. The highest BCUT2D eigenvalue weighted by atomic mass is 16.5. The Balaban J connectivity index is 1.56. The molecule has 0 aliphatic carbocycles. The van der Waals surface area contributed by atoms with Crippen LogP contribution in [0.2, 0.25) is 0 Å². The number of aryl methyl sites for hydroxylation is 2. The summed E-state index contributed by atoms with van der Waals surface area (Å²) in [4.78, 5) is 16.6. The number of anilines is 1. The van der Waals surface area contributed by atoms with Crippen LogP contribution in [0.1, 0.15) is 16.7 Å². The lowest BCUT2D eigenvalue weighted by atomic mass is 10.1. The number of ether oxygens (including phenoxy) is 1. The first-order valence-corrected chi connectivity index (χ1v) is 9.05. The molecule has 1 N–H and O–H groups in total. The van der Waals surface area contributed by atoms with E-state index in [4.69, 9.17) is 4.74 Å². The van der Waals surface area contributed by atoms with Crippen LogP contribution in [0, 0.1) is 13.8 Å². The summed E-state index contributed by atoms with van der Waals surface area (Å²) in [5.41, 5.74) is 4.67. The number of piperazine rings is 1. The van der Waals surface area contributed by atoms with Crippen LogP contribution in [-0.2, 0) is 6.54 Å². The van der Waals surface area contributed by atoms with Crippen molar-refractivity contribution in [1.29, 1.82) is 0 Å². The number of benzene rings is 2. The third-order valence-electron chi connectivity index (χ3n) is 4.93. The van der Waals surface area contributed by atoms with Gasteiger partial charge in [-0.1, -0.05) is 30.3 Å². The van der Waals surface area contributed by atoms with Crippen LogP contribution < -0.4 is 15.0 Å². The van der Waals surface area contributed by atoms with Crippen molar-refractivity contribution >= 4 is 11.7 Å². The summed E-state index contributed by atoms with van der Waals surface area (Å²) < 4.78 is 5.49. The van der Waals surface area contributed by atoms with Crippen molar-refractivity contribution in [1.82, 2.24) is 10.2 Å². The monoisotopic (exact) mass is 353 g/mol. The van der Waals surface area contributed by atoms with E-state index < -0.39 is 0 Å². The Morgan fingerprint density at radius 1 is 1.08 bits per heavy atom. The maximum atomic E-state index is 12.5. The summed E-state index contributed by atoms with van der Waals surface area (Å²) in [5, 5.41) is 3.04. The summed E-state index contributed by atoms with van der Waals surface area (Å²) in [5.74, 6) is 0.882. The fourth-order valence-electron chi connectivity index (χ4n) is 3.29. The van der Waals surface area contributed by atoms with Gasteiger partial charge in [-0.15, -0.1) is 0 Å². The van der Waals surface area contributed by atoms with Gasteiger partial charge < -0.3 is 19.9 Å². The number of nitrogens with zero attached hydrogens (tertiary/aromatic N) is 2. The molecule has 0 atom stereocenters. The number of methoxy groups -OCH3 is 1. The van der Waals surface area contributed by atoms with Crippen molar-refractivity contribution in [3.8, 4) is 5.75 Å². The van der Waals surface area contributed by atoms with E-state index in [1.165, 1.54) is 11.1 Å². The van der Waals surface area contributed by atoms with Crippen molar-refractivity contribution in [3.05, 3.63) is 59.2 Å². The number of hydrogen-bond acceptors (Lipinski definition) is 3. The van der Waals surface area contributed by atoms with Gasteiger partial charge in [0.2, 0.25) is 0 Å². The quantitative estimate of drug-likeness (QED) is 0.917. The van der Waals surface area contributed by atoms with Crippen LogP contribution in [0.15, 0.2) is 42.5 Å². The number of amides is 2. The highest BCUT2D eigenvalue weighted by molar-refractivity contribution is 5.74. The van der Waals surface area contributed by atoms with Crippen molar-refractivity contribution in [2.24, 2.45) is 0 Å². The molecule has 2 aromatic rings. The predicted molar refractivity (Wildman–Crippen MR) is 105 cm³/mol. The van der Waals surface area contributed by atoms with Crippen LogP contribution in [0.4, 0.5) is 10.5 Å². The molecular formula is C21H27N3O2. The molecule has 2 aromatic carbocycles. The summed E-state index contributed by atoms with van der Waals surface area (Å²) >= 11 is 0. The largest absolute Gasteiger partial charge is 0.495 e. The third kappa shape index (κ3) is 4.10. The van der Waals surface area contributed by atoms with E-state index in [2.05, 4.69) is 48.3 Å². The first kappa shape index (κ1) is 18.1. The van der Waals surface area contributed by atoms with Crippen molar-refractivity contribution < 1.29 is 9.53 Å². The van der Waals surface area contributed by atoms with Crippen molar-refractivity contribution in [2.45, 2.75) is 20.4 Å². The van der Waals surface area contributed by atoms with Gasteiger partial charge in [-0.2, -0.15) is 0 Å². The van der Waals surface area contributed by atoms with Crippen LogP contribution >= 0.6 is 0 Å². The van der Waals surface area contributed by atoms with Gasteiger partial charge in [0.05, 0.1) is 12.8 Å². The van der Waals surface area contributed by atoms with E-state index in [1.54, 1.807) is 7.11 Å². The van der Waals surface area contributed by atoms with E-state index in [0.717, 1.165) is 30.1 Å².